The molecule has 19 heavy (non-hydrogen) atoms. The van der Waals surface area contributed by atoms with Crippen molar-refractivity contribution in [3.8, 4) is 5.75 Å². The molecule has 0 N–H and O–H groups in total. The molecule has 0 aliphatic carbocycles. The summed E-state index contributed by atoms with van der Waals surface area (Å²) in [7, 11) is 0. The normalized spacial score (nSPS) is 11.7. The van der Waals surface area contributed by atoms with Gasteiger partial charge in [-0.1, -0.05) is 24.3 Å². The third-order valence-electron chi connectivity index (χ3n) is 2.35. The van der Waals surface area contributed by atoms with Gasteiger partial charge in [0, 0.05) is 12.2 Å². The second-order valence-electron chi connectivity index (χ2n) is 4.19. The Morgan fingerprint density at radius 3 is 2.47 bits per heavy atom. The van der Waals surface area contributed by atoms with E-state index in [2.05, 4.69) is 6.58 Å². The number of carbonyl (C=O) groups excluding carboxylic acids is 1. The van der Waals surface area contributed by atoms with E-state index in [1.165, 1.54) is 0 Å². The van der Waals surface area contributed by atoms with E-state index in [9.17, 15) is 4.79 Å². The van der Waals surface area contributed by atoms with Crippen LogP contribution in [0.2, 0.25) is 0 Å². The lowest BCUT2D eigenvalue weighted by atomic mass is 10.2. The molecule has 0 aliphatic heterocycles. The minimum Gasteiger partial charge on any atom is -0.487 e. The highest BCUT2D eigenvalue weighted by Gasteiger charge is 2.15. The van der Waals surface area contributed by atoms with E-state index in [0.717, 1.165) is 5.56 Å². The summed E-state index contributed by atoms with van der Waals surface area (Å²) in [6.07, 6.45) is -0.726. The van der Waals surface area contributed by atoms with Gasteiger partial charge in [-0.2, -0.15) is 0 Å². The summed E-state index contributed by atoms with van der Waals surface area (Å²) >= 11 is 0. The van der Waals surface area contributed by atoms with Gasteiger partial charge in [0.2, 0.25) is 6.29 Å². The minimum atomic E-state index is -0.726. The molecule has 0 fully saturated rings. The number of carbonyl (C=O) groups is 1. The van der Waals surface area contributed by atoms with E-state index in [0.29, 0.717) is 17.9 Å². The molecule has 0 amide bonds. The van der Waals surface area contributed by atoms with Gasteiger partial charge in [0.25, 0.3) is 0 Å². The zero-order valence-corrected chi connectivity index (χ0v) is 11.6. The third-order valence-corrected chi connectivity index (χ3v) is 2.35. The van der Waals surface area contributed by atoms with Gasteiger partial charge >= 0.3 is 5.97 Å². The van der Waals surface area contributed by atoms with Gasteiger partial charge in [0.1, 0.15) is 5.75 Å². The van der Waals surface area contributed by atoms with Crippen molar-refractivity contribution >= 4 is 5.97 Å². The summed E-state index contributed by atoms with van der Waals surface area (Å²) < 4.78 is 15.9. The monoisotopic (exact) mass is 264 g/mol. The average Bonchev–Trinajstić information content (AvgIpc) is 2.37. The third kappa shape index (κ3) is 5.57. The molecule has 1 rings (SSSR count). The SMILES string of the molecule is C=C(C)C(=O)OC(COc1ccc(C)cc1)OCC. The van der Waals surface area contributed by atoms with Crippen LogP contribution in [0.25, 0.3) is 0 Å². The fraction of sp³-hybridized carbons (Fsp3) is 0.400. The summed E-state index contributed by atoms with van der Waals surface area (Å²) in [6, 6.07) is 7.62. The van der Waals surface area contributed by atoms with Crippen LogP contribution in [0.1, 0.15) is 19.4 Å². The lowest BCUT2D eigenvalue weighted by Gasteiger charge is -2.18. The van der Waals surface area contributed by atoms with Crippen molar-refractivity contribution in [1.82, 2.24) is 0 Å². The van der Waals surface area contributed by atoms with E-state index in [1.54, 1.807) is 6.92 Å². The summed E-state index contributed by atoms with van der Waals surface area (Å²) in [5.74, 6) is 0.229. The maximum Gasteiger partial charge on any atom is 0.335 e. The number of benzene rings is 1. The van der Waals surface area contributed by atoms with E-state index >= 15 is 0 Å². The van der Waals surface area contributed by atoms with Crippen molar-refractivity contribution < 1.29 is 19.0 Å². The number of rotatable bonds is 7. The van der Waals surface area contributed by atoms with Crippen LogP contribution in [-0.4, -0.2) is 25.5 Å². The van der Waals surface area contributed by atoms with Gasteiger partial charge in [-0.25, -0.2) is 4.79 Å². The van der Waals surface area contributed by atoms with Gasteiger partial charge in [0.15, 0.2) is 6.61 Å². The predicted octanol–water partition coefficient (Wildman–Crippen LogP) is 2.86. The van der Waals surface area contributed by atoms with Gasteiger partial charge in [-0.05, 0) is 32.9 Å². The van der Waals surface area contributed by atoms with Crippen LogP contribution in [0.4, 0.5) is 0 Å². The van der Waals surface area contributed by atoms with Crippen LogP contribution in [0.3, 0.4) is 0 Å². The highest BCUT2D eigenvalue weighted by Crippen LogP contribution is 2.12. The molecule has 1 unspecified atom stereocenters. The Hall–Kier alpha value is -1.81. The summed E-state index contributed by atoms with van der Waals surface area (Å²) in [5.41, 5.74) is 1.49. The number of hydrogen-bond donors (Lipinski definition) is 0. The molecule has 0 aliphatic rings. The van der Waals surface area contributed by atoms with Gasteiger partial charge in [-0.15, -0.1) is 0 Å². The maximum atomic E-state index is 11.4. The van der Waals surface area contributed by atoms with Crippen molar-refractivity contribution in [2.45, 2.75) is 27.1 Å². The minimum absolute atomic E-state index is 0.149. The van der Waals surface area contributed by atoms with E-state index in [4.69, 9.17) is 14.2 Å². The van der Waals surface area contributed by atoms with Gasteiger partial charge in [-0.3, -0.25) is 0 Å². The first kappa shape index (κ1) is 15.2. The smallest absolute Gasteiger partial charge is 0.335 e. The summed E-state index contributed by atoms with van der Waals surface area (Å²) in [5, 5.41) is 0. The molecule has 1 aromatic rings. The Morgan fingerprint density at radius 2 is 1.95 bits per heavy atom. The van der Waals surface area contributed by atoms with Crippen molar-refractivity contribution in [2.75, 3.05) is 13.2 Å². The number of hydrogen-bond acceptors (Lipinski definition) is 4. The van der Waals surface area contributed by atoms with Crippen LogP contribution < -0.4 is 4.74 Å². The molecule has 1 aromatic carbocycles. The van der Waals surface area contributed by atoms with E-state index < -0.39 is 12.3 Å². The molecule has 1 atom stereocenters. The van der Waals surface area contributed by atoms with Crippen LogP contribution >= 0.6 is 0 Å². The highest BCUT2D eigenvalue weighted by atomic mass is 16.7. The van der Waals surface area contributed by atoms with Crippen LogP contribution in [0.15, 0.2) is 36.4 Å². The Balaban J connectivity index is 2.51. The zero-order valence-electron chi connectivity index (χ0n) is 11.6. The quantitative estimate of drug-likeness (QED) is 0.431. The first-order valence-corrected chi connectivity index (χ1v) is 6.20. The molecular formula is C15H20O4. The van der Waals surface area contributed by atoms with Crippen LogP contribution in [0, 0.1) is 6.92 Å². The van der Waals surface area contributed by atoms with Gasteiger partial charge in [0.05, 0.1) is 0 Å². The molecule has 0 saturated carbocycles. The van der Waals surface area contributed by atoms with Crippen molar-refractivity contribution in [1.29, 1.82) is 0 Å². The van der Waals surface area contributed by atoms with E-state index in [-0.39, 0.29) is 6.61 Å². The van der Waals surface area contributed by atoms with Gasteiger partial charge < -0.3 is 14.2 Å². The van der Waals surface area contributed by atoms with Crippen LogP contribution in [-0.2, 0) is 14.3 Å². The molecule has 0 aromatic heterocycles. The van der Waals surface area contributed by atoms with Crippen LogP contribution in [0.5, 0.6) is 5.75 Å². The zero-order chi connectivity index (χ0) is 14.3. The Labute approximate surface area is 114 Å². The predicted molar refractivity (Wildman–Crippen MR) is 73.0 cm³/mol. The molecule has 0 bridgehead atoms. The standard InChI is InChI=1S/C15H20O4/c1-5-17-14(19-15(16)11(2)3)10-18-13-8-6-12(4)7-9-13/h6-9,14H,2,5,10H2,1,3-4H3. The second-order valence-corrected chi connectivity index (χ2v) is 4.19. The lowest BCUT2D eigenvalue weighted by molar-refractivity contribution is -0.179. The van der Waals surface area contributed by atoms with Crippen molar-refractivity contribution in [2.24, 2.45) is 0 Å². The first-order chi connectivity index (χ1) is 9.02. The second kappa shape index (κ2) is 7.59. The molecule has 0 heterocycles. The summed E-state index contributed by atoms with van der Waals surface area (Å²) in [6.45, 7) is 9.53. The molecule has 0 spiro atoms. The summed E-state index contributed by atoms with van der Waals surface area (Å²) in [4.78, 5) is 11.4. The number of aryl methyl sites for hydroxylation is 1. The molecule has 4 nitrogen and oxygen atoms in total. The van der Waals surface area contributed by atoms with E-state index in [1.807, 2.05) is 38.1 Å². The first-order valence-electron chi connectivity index (χ1n) is 6.20. The molecular weight excluding hydrogens is 244 g/mol. The maximum absolute atomic E-state index is 11.4. The molecule has 104 valence electrons. The lowest BCUT2D eigenvalue weighted by Crippen LogP contribution is -2.28. The fourth-order valence-electron chi connectivity index (χ4n) is 1.32. The van der Waals surface area contributed by atoms with Crippen molar-refractivity contribution in [3.05, 3.63) is 42.0 Å². The largest absolute Gasteiger partial charge is 0.487 e. The topological polar surface area (TPSA) is 44.8 Å². The number of esters is 1. The Bertz CT molecular complexity index is 422. The molecule has 0 saturated heterocycles. The molecule has 0 radical (unpaired) electrons. The van der Waals surface area contributed by atoms with Crippen molar-refractivity contribution in [3.63, 3.8) is 0 Å². The molecule has 4 heteroatoms. The average molecular weight is 264 g/mol. The highest BCUT2D eigenvalue weighted by molar-refractivity contribution is 5.87. The fourth-order valence-corrected chi connectivity index (χ4v) is 1.32. The Kier molecular flexibility index (Phi) is 6.09. The number of ether oxygens (including phenoxy) is 3. The Morgan fingerprint density at radius 1 is 1.32 bits per heavy atom.